The summed E-state index contributed by atoms with van der Waals surface area (Å²) in [4.78, 5) is 24.6. The SMILES string of the molecule is CCOC(=O)C(C(C)C)N(C)P(=O)(Oc1ccc(OC)cc1)O[C@H]1[C@H](O)[C@@H](CO)O[C@H](O)[C@@H]1NC(C)=O. The second kappa shape index (κ2) is 13.5. The number of likely N-dealkylation sites (N-methyl/N-ethyl adjacent to an activating group) is 1. The van der Waals surface area contributed by atoms with Crippen LogP contribution < -0.4 is 14.6 Å². The first kappa shape index (κ1) is 31.0. The minimum absolute atomic E-state index is 0.0774. The van der Waals surface area contributed by atoms with E-state index in [4.69, 9.17) is 23.3 Å². The van der Waals surface area contributed by atoms with E-state index in [1.165, 1.54) is 33.2 Å². The molecule has 7 atom stereocenters. The van der Waals surface area contributed by atoms with Crippen LogP contribution in [0.1, 0.15) is 27.7 Å². The average molecular weight is 549 g/mol. The Balaban J connectivity index is 2.57. The first-order chi connectivity index (χ1) is 17.4. The summed E-state index contributed by atoms with van der Waals surface area (Å²) in [6.45, 7) is 5.60. The number of aliphatic hydroxyl groups is 3. The summed E-state index contributed by atoms with van der Waals surface area (Å²) >= 11 is 0. The Morgan fingerprint density at radius 3 is 2.27 bits per heavy atom. The van der Waals surface area contributed by atoms with Crippen molar-refractivity contribution in [3.05, 3.63) is 24.3 Å². The number of methoxy groups -OCH3 is 1. The molecule has 0 saturated carbocycles. The Morgan fingerprint density at radius 2 is 1.78 bits per heavy atom. The lowest BCUT2D eigenvalue weighted by atomic mass is 9.97. The van der Waals surface area contributed by atoms with Gasteiger partial charge in [0.25, 0.3) is 0 Å². The Labute approximate surface area is 216 Å². The number of hydrogen-bond acceptors (Lipinski definition) is 11. The monoisotopic (exact) mass is 548 g/mol. The van der Waals surface area contributed by atoms with Crippen LogP contribution in [0.2, 0.25) is 0 Å². The van der Waals surface area contributed by atoms with Crippen LogP contribution in [0, 0.1) is 5.92 Å². The molecule has 4 N–H and O–H groups in total. The summed E-state index contributed by atoms with van der Waals surface area (Å²) in [5.74, 6) is -1.10. The van der Waals surface area contributed by atoms with Crippen molar-refractivity contribution in [2.45, 2.75) is 64.4 Å². The number of nitrogens with one attached hydrogen (secondary N) is 1. The molecule has 1 aromatic carbocycles. The van der Waals surface area contributed by atoms with E-state index in [0.717, 1.165) is 4.67 Å². The van der Waals surface area contributed by atoms with E-state index in [-0.39, 0.29) is 12.4 Å². The molecule has 1 saturated heterocycles. The van der Waals surface area contributed by atoms with Crippen molar-refractivity contribution in [2.75, 3.05) is 27.4 Å². The van der Waals surface area contributed by atoms with Gasteiger partial charge in [0.2, 0.25) is 5.91 Å². The van der Waals surface area contributed by atoms with Crippen LogP contribution in [0.15, 0.2) is 24.3 Å². The van der Waals surface area contributed by atoms with Gasteiger partial charge in [0.05, 0.1) is 20.3 Å². The van der Waals surface area contributed by atoms with Gasteiger partial charge in [-0.25, -0.2) is 4.57 Å². The van der Waals surface area contributed by atoms with E-state index in [1.807, 2.05) is 0 Å². The third kappa shape index (κ3) is 7.64. The molecule has 0 aromatic heterocycles. The summed E-state index contributed by atoms with van der Waals surface area (Å²) < 4.78 is 42.8. The molecule has 1 aliphatic heterocycles. The minimum Gasteiger partial charge on any atom is -0.497 e. The molecule has 210 valence electrons. The highest BCUT2D eigenvalue weighted by atomic mass is 31.2. The number of carbonyl (C=O) groups excluding carboxylic acids is 2. The molecular weight excluding hydrogens is 511 g/mol. The molecule has 0 bridgehead atoms. The fourth-order valence-corrected chi connectivity index (χ4v) is 5.86. The van der Waals surface area contributed by atoms with Gasteiger partial charge in [0, 0.05) is 6.92 Å². The normalized spacial score (nSPS) is 26.3. The minimum atomic E-state index is -4.56. The van der Waals surface area contributed by atoms with Crippen LogP contribution in [0.3, 0.4) is 0 Å². The molecule has 0 spiro atoms. The van der Waals surface area contributed by atoms with Crippen molar-refractivity contribution in [2.24, 2.45) is 5.92 Å². The molecule has 1 heterocycles. The second-order valence-corrected chi connectivity index (χ2v) is 10.7. The first-order valence-corrected chi connectivity index (χ1v) is 13.3. The second-order valence-electron chi connectivity index (χ2n) is 8.78. The summed E-state index contributed by atoms with van der Waals surface area (Å²) in [5, 5.41) is 33.4. The largest absolute Gasteiger partial charge is 0.497 e. The zero-order valence-corrected chi connectivity index (χ0v) is 22.7. The molecular formula is C23H37N2O11P. The van der Waals surface area contributed by atoms with Gasteiger partial charge in [-0.15, -0.1) is 0 Å². The lowest BCUT2D eigenvalue weighted by Crippen LogP contribution is -2.64. The molecule has 13 nitrogen and oxygen atoms in total. The molecule has 0 radical (unpaired) electrons. The van der Waals surface area contributed by atoms with Gasteiger partial charge >= 0.3 is 13.7 Å². The maximum atomic E-state index is 14.5. The van der Waals surface area contributed by atoms with Gasteiger partial charge in [-0.2, -0.15) is 4.67 Å². The number of amides is 1. The van der Waals surface area contributed by atoms with Gasteiger partial charge in [-0.1, -0.05) is 13.8 Å². The van der Waals surface area contributed by atoms with E-state index >= 15 is 0 Å². The van der Waals surface area contributed by atoms with Crippen molar-refractivity contribution >= 4 is 19.6 Å². The topological polar surface area (TPSA) is 173 Å². The molecule has 2 unspecified atom stereocenters. The molecule has 1 aromatic rings. The highest BCUT2D eigenvalue weighted by Crippen LogP contribution is 2.55. The number of ether oxygens (including phenoxy) is 3. The predicted octanol–water partition coefficient (Wildman–Crippen LogP) is 0.662. The highest BCUT2D eigenvalue weighted by molar-refractivity contribution is 7.51. The van der Waals surface area contributed by atoms with Gasteiger partial charge < -0.3 is 39.4 Å². The van der Waals surface area contributed by atoms with Crippen molar-refractivity contribution in [1.82, 2.24) is 9.99 Å². The van der Waals surface area contributed by atoms with E-state index in [1.54, 1.807) is 32.9 Å². The number of nitrogens with zero attached hydrogens (tertiary/aromatic N) is 1. The number of carbonyl (C=O) groups is 2. The molecule has 1 amide bonds. The van der Waals surface area contributed by atoms with Gasteiger partial charge in [-0.05, 0) is 44.2 Å². The van der Waals surface area contributed by atoms with Crippen molar-refractivity contribution < 1.29 is 52.7 Å². The van der Waals surface area contributed by atoms with Crippen molar-refractivity contribution in [3.63, 3.8) is 0 Å². The predicted molar refractivity (Wildman–Crippen MR) is 131 cm³/mol. The maximum Gasteiger partial charge on any atom is 0.462 e. The third-order valence-electron chi connectivity index (χ3n) is 5.73. The quantitative estimate of drug-likeness (QED) is 0.213. The van der Waals surface area contributed by atoms with Crippen molar-refractivity contribution in [3.8, 4) is 11.5 Å². The van der Waals surface area contributed by atoms with Gasteiger partial charge in [0.1, 0.15) is 41.9 Å². The molecule has 1 fully saturated rings. The fraction of sp³-hybridized carbons (Fsp3) is 0.652. The van der Waals surface area contributed by atoms with E-state index in [0.29, 0.717) is 5.75 Å². The Morgan fingerprint density at radius 1 is 1.19 bits per heavy atom. The van der Waals surface area contributed by atoms with Crippen LogP contribution in [0.4, 0.5) is 0 Å². The highest BCUT2D eigenvalue weighted by Gasteiger charge is 2.52. The number of benzene rings is 1. The van der Waals surface area contributed by atoms with Crippen LogP contribution >= 0.6 is 7.75 Å². The van der Waals surface area contributed by atoms with Gasteiger partial charge in [0.15, 0.2) is 6.29 Å². The van der Waals surface area contributed by atoms with Gasteiger partial charge in [-0.3, -0.25) is 14.1 Å². The standard InChI is InChI=1S/C23H37N2O11P/c1-7-33-23(30)19(13(2)3)25(5)37(31,35-16-10-8-15(32-6)9-11-16)36-21-18(24-14(4)27)22(29)34-17(12-26)20(21)28/h8-11,13,17-22,26,28-29H,7,12H2,1-6H3,(H,24,27)/t17-,18-,19?,20-,21-,22+,37?/m1/s1. The number of esters is 1. The van der Waals surface area contributed by atoms with Crippen LogP contribution in [0.25, 0.3) is 0 Å². The molecule has 14 heteroatoms. The molecule has 0 aliphatic carbocycles. The summed E-state index contributed by atoms with van der Waals surface area (Å²) in [6, 6.07) is 3.55. The number of rotatable bonds is 12. The third-order valence-corrected chi connectivity index (χ3v) is 7.70. The fourth-order valence-electron chi connectivity index (χ4n) is 3.92. The smallest absolute Gasteiger partial charge is 0.462 e. The molecule has 1 aliphatic rings. The summed E-state index contributed by atoms with van der Waals surface area (Å²) in [6.07, 6.45) is -6.27. The Hall–Kier alpha value is -2.25. The van der Waals surface area contributed by atoms with Crippen molar-refractivity contribution in [1.29, 1.82) is 0 Å². The van der Waals surface area contributed by atoms with E-state index in [2.05, 4.69) is 5.32 Å². The lowest BCUT2D eigenvalue weighted by molar-refractivity contribution is -0.250. The van der Waals surface area contributed by atoms with Crippen LogP contribution in [0.5, 0.6) is 11.5 Å². The maximum absolute atomic E-state index is 14.5. The summed E-state index contributed by atoms with van der Waals surface area (Å²) in [5.41, 5.74) is 0. The van der Waals surface area contributed by atoms with Crippen LogP contribution in [-0.2, 0) is 28.2 Å². The molecule has 37 heavy (non-hydrogen) atoms. The Bertz CT molecular complexity index is 945. The Kier molecular flexibility index (Phi) is 11.3. The number of hydrogen-bond donors (Lipinski definition) is 4. The molecule has 2 rings (SSSR count). The van der Waals surface area contributed by atoms with Crippen LogP contribution in [-0.4, -0.2) is 95.9 Å². The number of aliphatic hydroxyl groups excluding tert-OH is 3. The lowest BCUT2D eigenvalue weighted by Gasteiger charge is -2.44. The average Bonchev–Trinajstić information content (AvgIpc) is 2.83. The van der Waals surface area contributed by atoms with E-state index < -0.39 is 68.8 Å². The summed E-state index contributed by atoms with van der Waals surface area (Å²) in [7, 11) is -1.75. The zero-order chi connectivity index (χ0) is 27.9. The zero-order valence-electron chi connectivity index (χ0n) is 21.8. The first-order valence-electron chi connectivity index (χ1n) is 11.8. The van der Waals surface area contributed by atoms with E-state index in [9.17, 15) is 29.5 Å².